The highest BCUT2D eigenvalue weighted by molar-refractivity contribution is 6.07. The second-order valence-electron chi connectivity index (χ2n) is 2.82. The van der Waals surface area contributed by atoms with Crippen molar-refractivity contribution in [1.29, 1.82) is 0 Å². The van der Waals surface area contributed by atoms with E-state index < -0.39 is 0 Å². The lowest BCUT2D eigenvalue weighted by Crippen LogP contribution is -2.32. The Morgan fingerprint density at radius 1 is 1.46 bits per heavy atom. The van der Waals surface area contributed by atoms with Gasteiger partial charge in [0, 0.05) is 5.22 Å². The fourth-order valence-corrected chi connectivity index (χ4v) is 1.37. The van der Waals surface area contributed by atoms with Crippen LogP contribution in [-0.4, -0.2) is 19.4 Å². The van der Waals surface area contributed by atoms with Crippen molar-refractivity contribution in [3.05, 3.63) is 28.8 Å². The molecule has 13 heavy (non-hydrogen) atoms. The highest BCUT2D eigenvalue weighted by Gasteiger charge is 2.05. The monoisotopic (exact) mass is 175 g/mol. The van der Waals surface area contributed by atoms with Gasteiger partial charge in [-0.3, -0.25) is 9.79 Å². The molecule has 0 bridgehead atoms. The molecule has 1 aliphatic heterocycles. The smallest absolute Gasteiger partial charge is 0.177 e. The first kappa shape index (κ1) is 7.98. The number of Topliss-reactive ketones (excluding diaryl/α,β-unsaturated/α-hetero) is 1. The second-order valence-corrected chi connectivity index (χ2v) is 2.82. The average Bonchev–Trinajstić information content (AvgIpc) is 2.16. The molecule has 0 saturated carbocycles. The van der Waals surface area contributed by atoms with Crippen LogP contribution in [0.1, 0.15) is 0 Å². The summed E-state index contributed by atoms with van der Waals surface area (Å²) in [6.07, 6.45) is 1.60. The van der Waals surface area contributed by atoms with E-state index in [1.54, 1.807) is 13.2 Å². The van der Waals surface area contributed by atoms with E-state index in [1.165, 1.54) is 0 Å². The maximum Gasteiger partial charge on any atom is 0.177 e. The number of nitrogens with zero attached hydrogens (tertiary/aromatic N) is 1. The third-order valence-corrected chi connectivity index (χ3v) is 1.96. The molecular formula is C10H9NO2. The third kappa shape index (κ3) is 1.33. The lowest BCUT2D eigenvalue weighted by molar-refractivity contribution is -0.112. The Bertz CT molecular complexity index is 462. The van der Waals surface area contributed by atoms with Crippen molar-refractivity contribution < 1.29 is 9.53 Å². The standard InChI is InChI=1S/C10H9NO2/c1-13-9-4-2-3-7-5-8(12)6-11-10(7)9/h2-5H,6H2,1H3. The van der Waals surface area contributed by atoms with Gasteiger partial charge in [-0.15, -0.1) is 0 Å². The van der Waals surface area contributed by atoms with Crippen molar-refractivity contribution in [3.63, 3.8) is 0 Å². The van der Waals surface area contributed by atoms with E-state index in [0.29, 0.717) is 0 Å². The zero-order valence-electron chi connectivity index (χ0n) is 7.28. The zero-order chi connectivity index (χ0) is 9.26. The van der Waals surface area contributed by atoms with Crippen molar-refractivity contribution in [1.82, 2.24) is 0 Å². The Labute approximate surface area is 75.4 Å². The molecule has 1 aromatic carbocycles. The molecule has 0 fully saturated rings. The number of carbonyl (C=O) groups is 1. The molecule has 0 aromatic heterocycles. The van der Waals surface area contributed by atoms with Crippen molar-refractivity contribution in [3.8, 4) is 5.75 Å². The van der Waals surface area contributed by atoms with Gasteiger partial charge < -0.3 is 4.74 Å². The van der Waals surface area contributed by atoms with Crippen LogP contribution in [0.3, 0.4) is 0 Å². The van der Waals surface area contributed by atoms with Gasteiger partial charge in [0.05, 0.1) is 7.11 Å². The molecule has 1 aromatic rings. The second kappa shape index (κ2) is 3.01. The number of carbonyl (C=O) groups excluding carboxylic acids is 1. The zero-order valence-corrected chi connectivity index (χ0v) is 7.28. The molecule has 1 aliphatic rings. The predicted molar refractivity (Wildman–Crippen MR) is 48.1 cm³/mol. The lowest BCUT2D eigenvalue weighted by atomic mass is 10.2. The molecule has 0 unspecified atom stereocenters. The number of rotatable bonds is 1. The third-order valence-electron chi connectivity index (χ3n) is 1.96. The number of methoxy groups -OCH3 is 1. The minimum absolute atomic E-state index is 0.0424. The summed E-state index contributed by atoms with van der Waals surface area (Å²) >= 11 is 0. The van der Waals surface area contributed by atoms with Crippen molar-refractivity contribution in [2.45, 2.75) is 0 Å². The highest BCUT2D eigenvalue weighted by Crippen LogP contribution is 1.98. The quantitative estimate of drug-likeness (QED) is 0.586. The molecule has 66 valence electrons. The van der Waals surface area contributed by atoms with Gasteiger partial charge in [-0.05, 0) is 12.1 Å². The fourth-order valence-electron chi connectivity index (χ4n) is 1.37. The number of fused-ring (bicyclic) bond motifs is 1. The van der Waals surface area contributed by atoms with E-state index in [9.17, 15) is 4.79 Å². The Morgan fingerprint density at radius 2 is 2.31 bits per heavy atom. The van der Waals surface area contributed by atoms with Crippen LogP contribution in [0.15, 0.2) is 23.2 Å². The van der Waals surface area contributed by atoms with Gasteiger partial charge >= 0.3 is 0 Å². The number of hydrogen-bond acceptors (Lipinski definition) is 3. The molecule has 0 atom stereocenters. The van der Waals surface area contributed by atoms with Crippen LogP contribution in [0.25, 0.3) is 6.08 Å². The molecular weight excluding hydrogens is 166 g/mol. The van der Waals surface area contributed by atoms with Crippen molar-refractivity contribution in [2.24, 2.45) is 4.99 Å². The van der Waals surface area contributed by atoms with Crippen molar-refractivity contribution in [2.75, 3.05) is 13.7 Å². The number of benzene rings is 1. The molecule has 0 N–H and O–H groups in total. The molecule has 0 aliphatic carbocycles. The number of ether oxygens (including phenoxy) is 1. The maximum absolute atomic E-state index is 11.0. The minimum atomic E-state index is 0.0424. The molecule has 0 saturated heterocycles. The Morgan fingerprint density at radius 3 is 3.08 bits per heavy atom. The lowest BCUT2D eigenvalue weighted by Gasteiger charge is -2.03. The highest BCUT2D eigenvalue weighted by atomic mass is 16.5. The van der Waals surface area contributed by atoms with Gasteiger partial charge in [-0.2, -0.15) is 0 Å². The Hall–Kier alpha value is -1.64. The molecule has 3 heteroatoms. The summed E-state index contributed by atoms with van der Waals surface area (Å²) in [5, 5.41) is 1.63. The van der Waals surface area contributed by atoms with E-state index >= 15 is 0 Å². The number of ketones is 1. The van der Waals surface area contributed by atoms with Gasteiger partial charge in [0.1, 0.15) is 17.7 Å². The van der Waals surface area contributed by atoms with E-state index in [1.807, 2.05) is 18.2 Å². The van der Waals surface area contributed by atoms with Gasteiger partial charge in [0.2, 0.25) is 0 Å². The molecule has 3 nitrogen and oxygen atoms in total. The minimum Gasteiger partial charge on any atom is -0.494 e. The Kier molecular flexibility index (Phi) is 1.85. The molecule has 0 radical (unpaired) electrons. The summed E-state index contributed by atoms with van der Waals surface area (Å²) in [5.41, 5.74) is 0. The average molecular weight is 175 g/mol. The van der Waals surface area contributed by atoms with E-state index in [4.69, 9.17) is 4.74 Å². The first-order chi connectivity index (χ1) is 6.31. The SMILES string of the molecule is COc1cccc2c1=NCC(=O)C=2. The fraction of sp³-hybridized carbons (Fsp3) is 0.200. The van der Waals surface area contributed by atoms with Crippen LogP contribution < -0.4 is 15.3 Å². The molecule has 2 rings (SSSR count). The van der Waals surface area contributed by atoms with Gasteiger partial charge in [0.15, 0.2) is 5.78 Å². The van der Waals surface area contributed by atoms with Crippen LogP contribution in [-0.2, 0) is 4.79 Å². The largest absolute Gasteiger partial charge is 0.494 e. The Balaban J connectivity index is 2.78. The van der Waals surface area contributed by atoms with Gasteiger partial charge in [0.25, 0.3) is 0 Å². The summed E-state index contributed by atoms with van der Waals surface area (Å²) in [6, 6.07) is 5.55. The summed E-state index contributed by atoms with van der Waals surface area (Å²) in [5.74, 6) is 0.766. The predicted octanol–water partition coefficient (Wildman–Crippen LogP) is -0.322. The summed E-state index contributed by atoms with van der Waals surface area (Å²) in [4.78, 5) is 15.2. The van der Waals surface area contributed by atoms with E-state index in [2.05, 4.69) is 4.99 Å². The molecule has 1 heterocycles. The molecule has 0 spiro atoms. The van der Waals surface area contributed by atoms with Crippen LogP contribution in [0.2, 0.25) is 0 Å². The van der Waals surface area contributed by atoms with Gasteiger partial charge in [-0.1, -0.05) is 12.1 Å². The van der Waals surface area contributed by atoms with E-state index in [0.717, 1.165) is 16.3 Å². The topological polar surface area (TPSA) is 38.7 Å². The first-order valence-corrected chi connectivity index (χ1v) is 4.03. The summed E-state index contributed by atoms with van der Waals surface area (Å²) in [6.45, 7) is 0.230. The number of para-hydroxylation sites is 1. The van der Waals surface area contributed by atoms with Crippen molar-refractivity contribution >= 4 is 11.9 Å². The van der Waals surface area contributed by atoms with Crippen LogP contribution in [0.4, 0.5) is 0 Å². The summed E-state index contributed by atoms with van der Waals surface area (Å²) in [7, 11) is 1.60. The normalized spacial score (nSPS) is 14.1. The summed E-state index contributed by atoms with van der Waals surface area (Å²) < 4.78 is 5.12. The maximum atomic E-state index is 11.0. The first-order valence-electron chi connectivity index (χ1n) is 4.03. The van der Waals surface area contributed by atoms with Gasteiger partial charge in [-0.25, -0.2) is 0 Å². The van der Waals surface area contributed by atoms with E-state index in [-0.39, 0.29) is 12.3 Å². The van der Waals surface area contributed by atoms with Crippen LogP contribution in [0, 0.1) is 0 Å². The van der Waals surface area contributed by atoms with Crippen LogP contribution in [0.5, 0.6) is 5.75 Å². The molecule has 0 amide bonds. The number of hydrogen-bond donors (Lipinski definition) is 0. The van der Waals surface area contributed by atoms with Crippen LogP contribution >= 0.6 is 0 Å².